The highest BCUT2D eigenvalue weighted by Crippen LogP contribution is 2.28. The smallest absolute Gasteiger partial charge is 0.256 e. The molecule has 0 bridgehead atoms. The first-order valence-electron chi connectivity index (χ1n) is 10.4. The van der Waals surface area contributed by atoms with E-state index in [-0.39, 0.29) is 30.2 Å². The lowest BCUT2D eigenvalue weighted by Crippen LogP contribution is -2.46. The van der Waals surface area contributed by atoms with Crippen LogP contribution in [0.5, 0.6) is 5.88 Å². The highest BCUT2D eigenvalue weighted by molar-refractivity contribution is 7.11. The Kier molecular flexibility index (Phi) is 6.32. The van der Waals surface area contributed by atoms with E-state index in [9.17, 15) is 18.7 Å². The van der Waals surface area contributed by atoms with E-state index in [1.54, 1.807) is 32.9 Å². The number of hydrogen-bond donors (Lipinski definition) is 2. The SMILES string of the molecule is Cc1cc(OCc2c(F)cccc2F)n2nc(C)c(C(=O)NC(C)(CO)c3nnc(C)s3)c2c1. The van der Waals surface area contributed by atoms with Crippen molar-refractivity contribution in [1.29, 1.82) is 0 Å². The standard InChI is InChI=1S/C23H23F2N5O3S/c1-12-8-18-20(21(32)26-23(4,11-31)22-28-27-14(3)34-22)13(2)29-30(18)19(9-12)33-10-15-16(24)6-5-7-17(15)25/h5-9,31H,10-11H2,1-4H3,(H,26,32). The van der Waals surface area contributed by atoms with E-state index in [0.29, 0.717) is 21.2 Å². The van der Waals surface area contributed by atoms with Gasteiger partial charge in [0.05, 0.1) is 28.9 Å². The highest BCUT2D eigenvalue weighted by Gasteiger charge is 2.34. The summed E-state index contributed by atoms with van der Waals surface area (Å²) in [6.45, 7) is 6.19. The van der Waals surface area contributed by atoms with Crippen LogP contribution in [0.4, 0.5) is 8.78 Å². The Bertz CT molecular complexity index is 1370. The average molecular weight is 488 g/mol. The molecule has 8 nitrogen and oxygen atoms in total. The van der Waals surface area contributed by atoms with Gasteiger partial charge in [-0.05, 0) is 51.5 Å². The Balaban J connectivity index is 1.69. The summed E-state index contributed by atoms with van der Waals surface area (Å²) in [5.74, 6) is -1.66. The number of aliphatic hydroxyl groups excluding tert-OH is 1. The molecule has 0 aliphatic rings. The molecule has 4 aromatic rings. The van der Waals surface area contributed by atoms with Gasteiger partial charge in [0.25, 0.3) is 5.91 Å². The Morgan fingerprint density at radius 2 is 1.91 bits per heavy atom. The molecule has 2 N–H and O–H groups in total. The molecule has 3 heterocycles. The number of aryl methyl sites for hydroxylation is 3. The summed E-state index contributed by atoms with van der Waals surface area (Å²) < 4.78 is 35.2. The average Bonchev–Trinajstić information content (AvgIpc) is 3.36. The summed E-state index contributed by atoms with van der Waals surface area (Å²) in [6, 6.07) is 7.03. The van der Waals surface area contributed by atoms with Gasteiger partial charge in [0.1, 0.15) is 33.8 Å². The third kappa shape index (κ3) is 4.36. The van der Waals surface area contributed by atoms with Crippen LogP contribution in [0, 0.1) is 32.4 Å². The van der Waals surface area contributed by atoms with Crippen LogP contribution in [0.3, 0.4) is 0 Å². The van der Waals surface area contributed by atoms with Crippen LogP contribution in [0.25, 0.3) is 5.52 Å². The minimum absolute atomic E-state index is 0.204. The molecule has 0 aliphatic carbocycles. The number of aliphatic hydroxyl groups is 1. The first-order valence-corrected chi connectivity index (χ1v) is 11.2. The van der Waals surface area contributed by atoms with Gasteiger partial charge in [-0.1, -0.05) is 17.4 Å². The van der Waals surface area contributed by atoms with Crippen molar-refractivity contribution in [3.05, 3.63) is 74.4 Å². The molecule has 4 rings (SSSR count). The molecule has 0 saturated heterocycles. The van der Waals surface area contributed by atoms with E-state index in [1.807, 2.05) is 6.92 Å². The zero-order valence-electron chi connectivity index (χ0n) is 19.0. The largest absolute Gasteiger partial charge is 0.473 e. The molecule has 0 aliphatic heterocycles. The summed E-state index contributed by atoms with van der Waals surface area (Å²) in [4.78, 5) is 13.3. The van der Waals surface area contributed by atoms with Crippen molar-refractivity contribution in [2.45, 2.75) is 39.8 Å². The quantitative estimate of drug-likeness (QED) is 0.413. The number of pyridine rings is 1. The maximum Gasteiger partial charge on any atom is 0.256 e. The maximum absolute atomic E-state index is 14.0. The second-order valence-electron chi connectivity index (χ2n) is 8.19. The first-order chi connectivity index (χ1) is 16.1. The Hall–Kier alpha value is -3.44. The molecule has 0 fully saturated rings. The first kappa shape index (κ1) is 23.7. The lowest BCUT2D eigenvalue weighted by molar-refractivity contribution is 0.0849. The van der Waals surface area contributed by atoms with E-state index in [2.05, 4.69) is 20.6 Å². The van der Waals surface area contributed by atoms with Gasteiger partial charge in [-0.3, -0.25) is 4.79 Å². The molecular formula is C23H23F2N5O3S. The minimum atomic E-state index is -1.14. The normalized spacial score (nSPS) is 13.1. The van der Waals surface area contributed by atoms with Crippen molar-refractivity contribution >= 4 is 22.8 Å². The summed E-state index contributed by atoms with van der Waals surface area (Å²) in [7, 11) is 0. The number of nitrogens with zero attached hydrogens (tertiary/aromatic N) is 4. The van der Waals surface area contributed by atoms with E-state index < -0.39 is 23.1 Å². The van der Waals surface area contributed by atoms with Gasteiger partial charge in [-0.15, -0.1) is 10.2 Å². The Labute approximate surface area is 198 Å². The number of amides is 1. The van der Waals surface area contributed by atoms with Gasteiger partial charge in [-0.25, -0.2) is 8.78 Å². The molecule has 11 heteroatoms. The van der Waals surface area contributed by atoms with Crippen LogP contribution < -0.4 is 10.1 Å². The number of benzene rings is 1. The predicted molar refractivity (Wildman–Crippen MR) is 122 cm³/mol. The fraction of sp³-hybridized carbons (Fsp3) is 0.304. The molecule has 1 atom stereocenters. The molecule has 1 amide bonds. The second-order valence-corrected chi connectivity index (χ2v) is 9.37. The van der Waals surface area contributed by atoms with Gasteiger partial charge in [0.15, 0.2) is 0 Å². The number of carbonyl (C=O) groups excluding carboxylic acids is 1. The Morgan fingerprint density at radius 3 is 2.53 bits per heavy atom. The van der Waals surface area contributed by atoms with Crippen LogP contribution >= 0.6 is 11.3 Å². The fourth-order valence-electron chi connectivity index (χ4n) is 3.55. The van der Waals surface area contributed by atoms with Gasteiger partial charge in [0.2, 0.25) is 5.88 Å². The van der Waals surface area contributed by atoms with Crippen molar-refractivity contribution < 1.29 is 23.4 Å². The minimum Gasteiger partial charge on any atom is -0.473 e. The van der Waals surface area contributed by atoms with Crippen LogP contribution in [-0.4, -0.2) is 37.4 Å². The number of ether oxygens (including phenoxy) is 1. The van der Waals surface area contributed by atoms with Crippen LogP contribution in [0.15, 0.2) is 30.3 Å². The van der Waals surface area contributed by atoms with Gasteiger partial charge in [0, 0.05) is 6.07 Å². The van der Waals surface area contributed by atoms with E-state index in [4.69, 9.17) is 4.74 Å². The molecule has 34 heavy (non-hydrogen) atoms. The van der Waals surface area contributed by atoms with E-state index in [0.717, 1.165) is 17.7 Å². The van der Waals surface area contributed by atoms with Crippen molar-refractivity contribution in [3.63, 3.8) is 0 Å². The summed E-state index contributed by atoms with van der Waals surface area (Å²) in [5, 5.41) is 26.5. The third-order valence-corrected chi connectivity index (χ3v) is 6.48. The zero-order valence-corrected chi connectivity index (χ0v) is 19.8. The van der Waals surface area contributed by atoms with Gasteiger partial charge < -0.3 is 15.2 Å². The van der Waals surface area contributed by atoms with Crippen LogP contribution in [0.2, 0.25) is 0 Å². The van der Waals surface area contributed by atoms with Crippen molar-refractivity contribution in [2.75, 3.05) is 6.61 Å². The van der Waals surface area contributed by atoms with Crippen LogP contribution in [-0.2, 0) is 12.1 Å². The summed E-state index contributed by atoms with van der Waals surface area (Å²) >= 11 is 1.28. The number of halogens is 2. The Morgan fingerprint density at radius 1 is 1.21 bits per heavy atom. The van der Waals surface area contributed by atoms with Crippen molar-refractivity contribution in [1.82, 2.24) is 25.1 Å². The predicted octanol–water partition coefficient (Wildman–Crippen LogP) is 3.61. The molecule has 1 unspecified atom stereocenters. The van der Waals surface area contributed by atoms with E-state index >= 15 is 0 Å². The van der Waals surface area contributed by atoms with E-state index in [1.165, 1.54) is 21.9 Å². The maximum atomic E-state index is 14.0. The number of nitrogens with one attached hydrogen (secondary N) is 1. The lowest BCUT2D eigenvalue weighted by atomic mass is 10.0. The van der Waals surface area contributed by atoms with Gasteiger partial charge >= 0.3 is 0 Å². The topological polar surface area (TPSA) is 102 Å². The number of fused-ring (bicyclic) bond motifs is 1. The lowest BCUT2D eigenvalue weighted by Gasteiger charge is -2.25. The molecule has 3 aromatic heterocycles. The third-order valence-electron chi connectivity index (χ3n) is 5.38. The monoisotopic (exact) mass is 487 g/mol. The van der Waals surface area contributed by atoms with Crippen molar-refractivity contribution in [3.8, 4) is 5.88 Å². The zero-order chi connectivity index (χ0) is 24.6. The van der Waals surface area contributed by atoms with Crippen LogP contribution in [0.1, 0.15) is 44.1 Å². The highest BCUT2D eigenvalue weighted by atomic mass is 32.1. The van der Waals surface area contributed by atoms with Gasteiger partial charge in [-0.2, -0.15) is 9.61 Å². The molecule has 0 radical (unpaired) electrons. The number of aromatic nitrogens is 4. The summed E-state index contributed by atoms with van der Waals surface area (Å²) in [5.41, 5.74) is 0.563. The fourth-order valence-corrected chi connectivity index (χ4v) is 4.34. The van der Waals surface area contributed by atoms with Crippen molar-refractivity contribution in [2.24, 2.45) is 0 Å². The molecular weight excluding hydrogens is 464 g/mol. The molecule has 1 aromatic carbocycles. The number of carbonyl (C=O) groups is 1. The second kappa shape index (κ2) is 9.07. The number of hydrogen-bond acceptors (Lipinski definition) is 7. The summed E-state index contributed by atoms with van der Waals surface area (Å²) in [6.07, 6.45) is 0. The molecule has 178 valence electrons. The molecule has 0 spiro atoms. The molecule has 0 saturated carbocycles. The number of rotatable bonds is 7.